The number of halogens is 1. The number of hydrogen-bond acceptors (Lipinski definition) is 1. The smallest absolute Gasteiger partial charge is 0.0492 e. The van der Waals surface area contributed by atoms with Crippen LogP contribution in [0.2, 0.25) is 0 Å². The summed E-state index contributed by atoms with van der Waals surface area (Å²) in [5, 5.41) is 4.76. The van der Waals surface area contributed by atoms with Crippen LogP contribution in [0, 0.1) is 6.92 Å². The molecule has 3 heteroatoms. The van der Waals surface area contributed by atoms with Crippen molar-refractivity contribution in [1.29, 1.82) is 0 Å². The van der Waals surface area contributed by atoms with Crippen LogP contribution >= 0.6 is 15.9 Å². The molecule has 1 aromatic heterocycles. The van der Waals surface area contributed by atoms with Gasteiger partial charge in [-0.05, 0) is 36.8 Å². The Balaban J connectivity index is 1.72. The van der Waals surface area contributed by atoms with E-state index in [4.69, 9.17) is 0 Å². The highest BCUT2D eigenvalue weighted by Gasteiger charge is 2.03. The van der Waals surface area contributed by atoms with E-state index in [1.807, 2.05) is 0 Å². The molecular formula is C17H17BrN2. The molecule has 2 aromatic carbocycles. The summed E-state index contributed by atoms with van der Waals surface area (Å²) >= 11 is 3.60. The Morgan fingerprint density at radius 2 is 1.90 bits per heavy atom. The summed E-state index contributed by atoms with van der Waals surface area (Å²) in [6, 6.07) is 16.9. The highest BCUT2D eigenvalue weighted by Crippen LogP contribution is 2.24. The van der Waals surface area contributed by atoms with E-state index in [0.29, 0.717) is 0 Å². The Hall–Kier alpha value is -1.74. The summed E-state index contributed by atoms with van der Waals surface area (Å²) in [5.41, 5.74) is 3.77. The molecule has 20 heavy (non-hydrogen) atoms. The number of anilines is 1. The van der Waals surface area contributed by atoms with Gasteiger partial charge in [-0.1, -0.05) is 40.2 Å². The normalized spacial score (nSPS) is 10.9. The molecule has 0 aliphatic carbocycles. The van der Waals surface area contributed by atoms with Gasteiger partial charge in [-0.25, -0.2) is 0 Å². The van der Waals surface area contributed by atoms with Gasteiger partial charge >= 0.3 is 0 Å². The zero-order valence-electron chi connectivity index (χ0n) is 11.4. The summed E-state index contributed by atoms with van der Waals surface area (Å²) < 4.78 is 3.44. The number of hydrogen-bond donors (Lipinski definition) is 1. The van der Waals surface area contributed by atoms with Gasteiger partial charge in [-0.3, -0.25) is 0 Å². The van der Waals surface area contributed by atoms with Gasteiger partial charge in [0.05, 0.1) is 0 Å². The Bertz CT molecular complexity index is 731. The van der Waals surface area contributed by atoms with Gasteiger partial charge < -0.3 is 9.88 Å². The predicted octanol–water partition coefficient (Wildman–Crippen LogP) is 4.82. The van der Waals surface area contributed by atoms with Crippen molar-refractivity contribution in [1.82, 2.24) is 4.57 Å². The van der Waals surface area contributed by atoms with Crippen molar-refractivity contribution < 1.29 is 0 Å². The quantitative estimate of drug-likeness (QED) is 0.726. The van der Waals surface area contributed by atoms with E-state index < -0.39 is 0 Å². The number of fused-ring (bicyclic) bond motifs is 1. The predicted molar refractivity (Wildman–Crippen MR) is 89.3 cm³/mol. The molecule has 102 valence electrons. The molecule has 0 bridgehead atoms. The summed E-state index contributed by atoms with van der Waals surface area (Å²) in [5.74, 6) is 0. The maximum absolute atomic E-state index is 3.60. The second-order valence-electron chi connectivity index (χ2n) is 4.92. The minimum absolute atomic E-state index is 0.918. The van der Waals surface area contributed by atoms with Crippen LogP contribution in [0.4, 0.5) is 5.69 Å². The fourth-order valence-electron chi connectivity index (χ4n) is 2.46. The van der Waals surface area contributed by atoms with E-state index in [1.54, 1.807) is 0 Å². The monoisotopic (exact) mass is 328 g/mol. The lowest BCUT2D eigenvalue weighted by Gasteiger charge is -2.10. The molecule has 3 aromatic rings. The molecule has 0 saturated carbocycles. The van der Waals surface area contributed by atoms with Gasteiger partial charge in [-0.2, -0.15) is 0 Å². The average molecular weight is 329 g/mol. The lowest BCUT2D eigenvalue weighted by Crippen LogP contribution is -2.10. The Labute approximate surface area is 127 Å². The third-order valence-corrected chi connectivity index (χ3v) is 4.27. The minimum Gasteiger partial charge on any atom is -0.383 e. The molecule has 1 heterocycles. The van der Waals surface area contributed by atoms with E-state index in [1.165, 1.54) is 22.2 Å². The summed E-state index contributed by atoms with van der Waals surface area (Å²) in [6.45, 7) is 4.00. The molecule has 1 N–H and O–H groups in total. The van der Waals surface area contributed by atoms with Crippen molar-refractivity contribution in [2.45, 2.75) is 13.5 Å². The molecule has 3 rings (SSSR count). The van der Waals surface area contributed by atoms with Gasteiger partial charge in [0.2, 0.25) is 0 Å². The second kappa shape index (κ2) is 5.71. The van der Waals surface area contributed by atoms with Crippen molar-refractivity contribution in [2.75, 3.05) is 11.9 Å². The minimum atomic E-state index is 0.918. The molecule has 0 aliphatic heterocycles. The highest BCUT2D eigenvalue weighted by molar-refractivity contribution is 9.10. The summed E-state index contributed by atoms with van der Waals surface area (Å²) in [6.07, 6.45) is 2.15. The first-order valence-corrected chi connectivity index (χ1v) is 7.58. The first kappa shape index (κ1) is 13.3. The number of aryl methyl sites for hydroxylation is 1. The van der Waals surface area contributed by atoms with E-state index in [-0.39, 0.29) is 0 Å². The third kappa shape index (κ3) is 2.59. The number of benzene rings is 2. The van der Waals surface area contributed by atoms with Crippen molar-refractivity contribution >= 4 is 32.5 Å². The van der Waals surface area contributed by atoms with Crippen LogP contribution in [-0.2, 0) is 6.54 Å². The average Bonchev–Trinajstić information content (AvgIpc) is 2.86. The molecule has 0 amide bonds. The van der Waals surface area contributed by atoms with Crippen LogP contribution < -0.4 is 5.32 Å². The van der Waals surface area contributed by atoms with Crippen LogP contribution in [-0.4, -0.2) is 11.1 Å². The largest absolute Gasteiger partial charge is 0.383 e. The van der Waals surface area contributed by atoms with Crippen LogP contribution in [0.5, 0.6) is 0 Å². The fraction of sp³-hybridized carbons (Fsp3) is 0.176. The molecule has 0 atom stereocenters. The summed E-state index contributed by atoms with van der Waals surface area (Å²) in [7, 11) is 0. The van der Waals surface area contributed by atoms with E-state index in [0.717, 1.165) is 17.6 Å². The standard InChI is InChI=1S/C17H17BrN2/c1-13-5-2-3-7-16(13)19-10-12-20-11-9-14-15(18)6-4-8-17(14)20/h2-9,11,19H,10,12H2,1H3. The maximum Gasteiger partial charge on any atom is 0.0492 e. The number of aromatic nitrogens is 1. The highest BCUT2D eigenvalue weighted by atomic mass is 79.9. The first-order valence-electron chi connectivity index (χ1n) is 6.78. The van der Waals surface area contributed by atoms with Crippen molar-refractivity contribution in [2.24, 2.45) is 0 Å². The lowest BCUT2D eigenvalue weighted by molar-refractivity contribution is 0.757. The number of para-hydroxylation sites is 1. The zero-order valence-corrected chi connectivity index (χ0v) is 13.0. The molecule has 0 unspecified atom stereocenters. The molecule has 0 radical (unpaired) electrons. The van der Waals surface area contributed by atoms with Crippen molar-refractivity contribution in [3.05, 3.63) is 64.8 Å². The number of rotatable bonds is 4. The SMILES string of the molecule is Cc1ccccc1NCCn1ccc2c(Br)cccc21. The Kier molecular flexibility index (Phi) is 3.79. The van der Waals surface area contributed by atoms with E-state index in [2.05, 4.69) is 87.5 Å². The number of nitrogens with zero attached hydrogens (tertiary/aromatic N) is 1. The molecule has 2 nitrogen and oxygen atoms in total. The topological polar surface area (TPSA) is 17.0 Å². The Morgan fingerprint density at radius 1 is 1.05 bits per heavy atom. The lowest BCUT2D eigenvalue weighted by atomic mass is 10.2. The molecule has 0 fully saturated rings. The van der Waals surface area contributed by atoms with Crippen LogP contribution in [0.1, 0.15) is 5.56 Å². The number of nitrogens with one attached hydrogen (secondary N) is 1. The van der Waals surface area contributed by atoms with Gasteiger partial charge in [0, 0.05) is 40.3 Å². The van der Waals surface area contributed by atoms with Gasteiger partial charge in [-0.15, -0.1) is 0 Å². The van der Waals surface area contributed by atoms with Crippen molar-refractivity contribution in [3.8, 4) is 0 Å². The van der Waals surface area contributed by atoms with Crippen molar-refractivity contribution in [3.63, 3.8) is 0 Å². The van der Waals surface area contributed by atoms with Crippen LogP contribution in [0.3, 0.4) is 0 Å². The van der Waals surface area contributed by atoms with Gasteiger partial charge in [0.1, 0.15) is 0 Å². The van der Waals surface area contributed by atoms with E-state index in [9.17, 15) is 0 Å². The molecule has 0 spiro atoms. The third-order valence-electron chi connectivity index (χ3n) is 3.57. The zero-order chi connectivity index (χ0) is 13.9. The second-order valence-corrected chi connectivity index (χ2v) is 5.78. The van der Waals surface area contributed by atoms with Crippen LogP contribution in [0.15, 0.2) is 59.2 Å². The molecular weight excluding hydrogens is 312 g/mol. The maximum atomic E-state index is 3.60. The fourth-order valence-corrected chi connectivity index (χ4v) is 2.95. The summed E-state index contributed by atoms with van der Waals surface area (Å²) in [4.78, 5) is 0. The first-order chi connectivity index (χ1) is 9.75. The van der Waals surface area contributed by atoms with Gasteiger partial charge in [0.25, 0.3) is 0 Å². The Morgan fingerprint density at radius 3 is 2.75 bits per heavy atom. The van der Waals surface area contributed by atoms with E-state index >= 15 is 0 Å². The molecule has 0 saturated heterocycles. The molecule has 0 aliphatic rings. The van der Waals surface area contributed by atoms with Crippen LogP contribution in [0.25, 0.3) is 10.9 Å². The van der Waals surface area contributed by atoms with Gasteiger partial charge in [0.15, 0.2) is 0 Å².